The Balaban J connectivity index is 2.08. The highest BCUT2D eigenvalue weighted by atomic mass is 16.5. The van der Waals surface area contributed by atoms with E-state index in [1.165, 1.54) is 5.56 Å². The zero-order valence-electron chi connectivity index (χ0n) is 18.3. The Morgan fingerprint density at radius 3 is 2.52 bits per heavy atom. The van der Waals surface area contributed by atoms with Crippen LogP contribution < -0.4 is 15.4 Å². The van der Waals surface area contributed by atoms with E-state index in [2.05, 4.69) is 37.8 Å². The summed E-state index contributed by atoms with van der Waals surface area (Å²) in [5, 5.41) is 21.5. The van der Waals surface area contributed by atoms with Crippen LogP contribution in [0.1, 0.15) is 31.0 Å². The summed E-state index contributed by atoms with van der Waals surface area (Å²) in [7, 11) is 7.59. The molecule has 29 heavy (non-hydrogen) atoms. The first kappa shape index (κ1) is 22.7. The summed E-state index contributed by atoms with van der Waals surface area (Å²) in [4.78, 5) is 6.75. The van der Waals surface area contributed by atoms with E-state index in [0.717, 1.165) is 17.9 Å². The Morgan fingerprint density at radius 1 is 1.31 bits per heavy atom. The van der Waals surface area contributed by atoms with Gasteiger partial charge in [-0.1, -0.05) is 12.1 Å². The number of hydrogen-bond donors (Lipinski definition) is 3. The third-order valence-electron chi connectivity index (χ3n) is 4.80. The van der Waals surface area contributed by atoms with Crippen LogP contribution in [0.2, 0.25) is 0 Å². The molecule has 0 saturated carbocycles. The molecule has 160 valence electrons. The van der Waals surface area contributed by atoms with Crippen LogP contribution in [0.25, 0.3) is 0 Å². The molecule has 2 aromatic rings. The summed E-state index contributed by atoms with van der Waals surface area (Å²) in [5.41, 5.74) is 0.832. The van der Waals surface area contributed by atoms with Crippen LogP contribution in [-0.2, 0) is 12.6 Å². The summed E-state index contributed by atoms with van der Waals surface area (Å²) in [5.74, 6) is 1.50. The molecule has 0 spiro atoms. The number of likely N-dealkylation sites (N-methyl/N-ethyl adjacent to an activating group) is 1. The smallest absolute Gasteiger partial charge is 0.191 e. The van der Waals surface area contributed by atoms with E-state index in [0.29, 0.717) is 12.5 Å². The highest BCUT2D eigenvalue weighted by Gasteiger charge is 2.24. The molecule has 0 bridgehead atoms. The zero-order chi connectivity index (χ0) is 21.4. The monoisotopic (exact) mass is 402 g/mol. The Morgan fingerprint density at radius 2 is 2.00 bits per heavy atom. The summed E-state index contributed by atoms with van der Waals surface area (Å²) in [6, 6.07) is 8.24. The van der Waals surface area contributed by atoms with Gasteiger partial charge in [-0.05, 0) is 45.6 Å². The number of aliphatic imine (C=N–C) groups is 1. The predicted octanol–water partition coefficient (Wildman–Crippen LogP) is 1.49. The number of benzene rings is 1. The first-order chi connectivity index (χ1) is 13.8. The Kier molecular flexibility index (Phi) is 8.04. The summed E-state index contributed by atoms with van der Waals surface area (Å²) < 4.78 is 6.93. The van der Waals surface area contributed by atoms with Crippen molar-refractivity contribution in [1.29, 1.82) is 0 Å². The molecule has 0 radical (unpaired) electrons. The molecule has 8 nitrogen and oxygen atoms in total. The van der Waals surface area contributed by atoms with Gasteiger partial charge in [0, 0.05) is 31.9 Å². The first-order valence-corrected chi connectivity index (χ1v) is 9.81. The molecule has 1 aromatic heterocycles. The van der Waals surface area contributed by atoms with Crippen molar-refractivity contribution in [3.8, 4) is 5.75 Å². The lowest BCUT2D eigenvalue weighted by Gasteiger charge is -2.26. The maximum Gasteiger partial charge on any atom is 0.191 e. The van der Waals surface area contributed by atoms with Gasteiger partial charge in [0.25, 0.3) is 0 Å². The average Bonchev–Trinajstić information content (AvgIpc) is 3.14. The van der Waals surface area contributed by atoms with Crippen LogP contribution in [0.5, 0.6) is 5.75 Å². The third-order valence-corrected chi connectivity index (χ3v) is 4.80. The van der Waals surface area contributed by atoms with Crippen LogP contribution >= 0.6 is 0 Å². The maximum atomic E-state index is 10.8. The number of aryl methyl sites for hydroxylation is 1. The molecule has 8 heteroatoms. The summed E-state index contributed by atoms with van der Waals surface area (Å²) >= 11 is 0. The van der Waals surface area contributed by atoms with E-state index in [1.54, 1.807) is 24.9 Å². The zero-order valence-corrected chi connectivity index (χ0v) is 18.3. The number of methoxy groups -OCH3 is 1. The van der Waals surface area contributed by atoms with Crippen molar-refractivity contribution in [2.24, 2.45) is 12.0 Å². The van der Waals surface area contributed by atoms with Crippen molar-refractivity contribution in [3.63, 3.8) is 0 Å². The average molecular weight is 403 g/mol. The van der Waals surface area contributed by atoms with E-state index in [9.17, 15) is 5.11 Å². The van der Waals surface area contributed by atoms with Crippen LogP contribution in [0, 0.1) is 0 Å². The molecule has 1 aromatic carbocycles. The minimum atomic E-state index is -1.09. The molecule has 0 saturated heterocycles. The lowest BCUT2D eigenvalue weighted by molar-refractivity contribution is 0.0671. The van der Waals surface area contributed by atoms with Gasteiger partial charge in [0.1, 0.15) is 11.4 Å². The van der Waals surface area contributed by atoms with E-state index >= 15 is 0 Å². The van der Waals surface area contributed by atoms with E-state index < -0.39 is 5.60 Å². The van der Waals surface area contributed by atoms with Crippen molar-refractivity contribution in [3.05, 3.63) is 47.8 Å². The normalized spacial score (nSPS) is 15.1. The van der Waals surface area contributed by atoms with Crippen molar-refractivity contribution < 1.29 is 9.84 Å². The second-order valence-electron chi connectivity index (χ2n) is 7.51. The van der Waals surface area contributed by atoms with Gasteiger partial charge in [-0.15, -0.1) is 0 Å². The number of hydrogen-bond acceptors (Lipinski definition) is 5. The highest BCUT2D eigenvalue weighted by molar-refractivity contribution is 5.79. The lowest BCUT2D eigenvalue weighted by Crippen LogP contribution is -2.42. The van der Waals surface area contributed by atoms with Crippen molar-refractivity contribution >= 4 is 5.96 Å². The van der Waals surface area contributed by atoms with Gasteiger partial charge in [-0.2, -0.15) is 5.10 Å². The molecular formula is C21H34N6O2. The standard InChI is InChI=1S/C21H34N6O2/c1-7-22-20(24-15-21(2,28)17-12-25-27(5)14-17)23-13-19(26(3)4)16-8-10-18(29-6)11-9-16/h8-12,14,19,28H,7,13,15H2,1-6H3,(H2,22,23,24). The van der Waals surface area contributed by atoms with Gasteiger partial charge in [0.05, 0.1) is 25.9 Å². The lowest BCUT2D eigenvalue weighted by atomic mass is 10.0. The van der Waals surface area contributed by atoms with E-state index in [1.807, 2.05) is 46.4 Å². The van der Waals surface area contributed by atoms with Crippen LogP contribution in [0.3, 0.4) is 0 Å². The number of rotatable bonds is 9. The van der Waals surface area contributed by atoms with Crippen LogP contribution in [0.15, 0.2) is 41.7 Å². The largest absolute Gasteiger partial charge is 0.497 e. The molecule has 0 fully saturated rings. The second kappa shape index (κ2) is 10.3. The fourth-order valence-electron chi connectivity index (χ4n) is 2.98. The quantitative estimate of drug-likeness (QED) is 0.435. The summed E-state index contributed by atoms with van der Waals surface area (Å²) in [6.45, 7) is 5.39. The molecule has 0 aliphatic rings. The number of guanidine groups is 1. The van der Waals surface area contributed by atoms with E-state index in [4.69, 9.17) is 4.74 Å². The molecule has 1 heterocycles. The third kappa shape index (κ3) is 6.47. The van der Waals surface area contributed by atoms with Gasteiger partial charge in [0.15, 0.2) is 5.96 Å². The SMILES string of the molecule is CCNC(=NCC(C)(O)c1cnn(C)c1)NCC(c1ccc(OC)cc1)N(C)C. The molecular weight excluding hydrogens is 368 g/mol. The Bertz CT molecular complexity index is 783. The van der Waals surface area contributed by atoms with Gasteiger partial charge >= 0.3 is 0 Å². The molecule has 0 amide bonds. The van der Waals surface area contributed by atoms with Crippen molar-refractivity contribution in [2.75, 3.05) is 40.8 Å². The van der Waals surface area contributed by atoms with Gasteiger partial charge in [-0.25, -0.2) is 4.99 Å². The number of nitrogens with zero attached hydrogens (tertiary/aromatic N) is 4. The maximum absolute atomic E-state index is 10.8. The molecule has 2 unspecified atom stereocenters. The number of aliphatic hydroxyl groups is 1. The summed E-state index contributed by atoms with van der Waals surface area (Å²) in [6.07, 6.45) is 3.48. The number of nitrogens with one attached hydrogen (secondary N) is 2. The van der Waals surface area contributed by atoms with Crippen molar-refractivity contribution in [2.45, 2.75) is 25.5 Å². The molecule has 0 aliphatic heterocycles. The van der Waals surface area contributed by atoms with Crippen LogP contribution in [-0.4, -0.2) is 66.6 Å². The fraction of sp³-hybridized carbons (Fsp3) is 0.524. The minimum absolute atomic E-state index is 0.156. The van der Waals surface area contributed by atoms with E-state index in [-0.39, 0.29) is 12.6 Å². The molecule has 0 aliphatic carbocycles. The van der Waals surface area contributed by atoms with Crippen molar-refractivity contribution in [1.82, 2.24) is 25.3 Å². The van der Waals surface area contributed by atoms with Crippen LogP contribution in [0.4, 0.5) is 0 Å². The topological polar surface area (TPSA) is 86.9 Å². The van der Waals surface area contributed by atoms with Gasteiger partial charge < -0.3 is 25.4 Å². The van der Waals surface area contributed by atoms with Gasteiger partial charge in [-0.3, -0.25) is 4.68 Å². The fourth-order valence-corrected chi connectivity index (χ4v) is 2.98. The second-order valence-corrected chi connectivity index (χ2v) is 7.51. The number of ether oxygens (including phenoxy) is 1. The van der Waals surface area contributed by atoms with Gasteiger partial charge in [0.2, 0.25) is 0 Å². The first-order valence-electron chi connectivity index (χ1n) is 9.81. The number of aromatic nitrogens is 2. The predicted molar refractivity (Wildman–Crippen MR) is 116 cm³/mol. The minimum Gasteiger partial charge on any atom is -0.497 e. The Hall–Kier alpha value is -2.58. The highest BCUT2D eigenvalue weighted by Crippen LogP contribution is 2.21. The molecule has 2 atom stereocenters. The molecule has 3 N–H and O–H groups in total. The Labute approximate surface area is 173 Å². The molecule has 2 rings (SSSR count).